The summed E-state index contributed by atoms with van der Waals surface area (Å²) < 4.78 is 10.4. The Morgan fingerprint density at radius 3 is 2.14 bits per heavy atom. The van der Waals surface area contributed by atoms with Gasteiger partial charge >= 0.3 is 0 Å². The number of halogens is 1. The molecule has 2 aromatic carbocycles. The fourth-order valence-electron chi connectivity index (χ4n) is 2.05. The minimum Gasteiger partial charge on any atom is -0.493 e. The predicted octanol–water partition coefficient (Wildman–Crippen LogP) is 3.31. The Bertz CT molecular complexity index is 680. The van der Waals surface area contributed by atoms with Gasteiger partial charge in [-0.25, -0.2) is 0 Å². The maximum Gasteiger partial charge on any atom is 0.253 e. The van der Waals surface area contributed by atoms with Crippen LogP contribution in [0.2, 0.25) is 0 Å². The van der Waals surface area contributed by atoms with E-state index in [9.17, 15) is 9.59 Å². The highest BCUT2D eigenvalue weighted by molar-refractivity contribution is 6.68. The second kappa shape index (κ2) is 6.41. The molecule has 2 aromatic rings. The maximum atomic E-state index is 12.7. The molecule has 0 spiro atoms. The summed E-state index contributed by atoms with van der Waals surface area (Å²) in [6.45, 7) is 0. The quantitative estimate of drug-likeness (QED) is 0.628. The fourth-order valence-corrected chi connectivity index (χ4v) is 2.21. The molecule has 0 aliphatic heterocycles. The van der Waals surface area contributed by atoms with Gasteiger partial charge in [-0.1, -0.05) is 30.3 Å². The topological polar surface area (TPSA) is 52.6 Å². The van der Waals surface area contributed by atoms with E-state index in [-0.39, 0.29) is 22.7 Å². The van der Waals surface area contributed by atoms with E-state index in [2.05, 4.69) is 0 Å². The Labute approximate surface area is 127 Å². The number of rotatable bonds is 5. The van der Waals surface area contributed by atoms with E-state index in [0.29, 0.717) is 11.3 Å². The first-order valence-electron chi connectivity index (χ1n) is 6.14. The van der Waals surface area contributed by atoms with E-state index >= 15 is 0 Å². The second-order valence-corrected chi connectivity index (χ2v) is 4.54. The van der Waals surface area contributed by atoms with Gasteiger partial charge in [-0.2, -0.15) is 0 Å². The lowest BCUT2D eigenvalue weighted by molar-refractivity contribution is 0.101. The highest BCUT2D eigenvalue weighted by atomic mass is 35.5. The number of hydrogen-bond acceptors (Lipinski definition) is 4. The zero-order valence-corrected chi connectivity index (χ0v) is 12.3. The van der Waals surface area contributed by atoms with Crippen LogP contribution in [0.1, 0.15) is 26.3 Å². The van der Waals surface area contributed by atoms with Crippen LogP contribution >= 0.6 is 11.6 Å². The number of benzene rings is 2. The minimum atomic E-state index is -0.727. The van der Waals surface area contributed by atoms with Crippen molar-refractivity contribution in [2.24, 2.45) is 0 Å². The van der Waals surface area contributed by atoms with E-state index < -0.39 is 5.24 Å². The first kappa shape index (κ1) is 15.1. The van der Waals surface area contributed by atoms with Gasteiger partial charge in [0, 0.05) is 11.1 Å². The third kappa shape index (κ3) is 2.90. The Morgan fingerprint density at radius 2 is 1.62 bits per heavy atom. The molecule has 0 bridgehead atoms. The average molecular weight is 305 g/mol. The van der Waals surface area contributed by atoms with Gasteiger partial charge in [-0.3, -0.25) is 9.59 Å². The number of hydrogen-bond donors (Lipinski definition) is 0. The lowest BCUT2D eigenvalue weighted by Crippen LogP contribution is -2.10. The molecule has 108 valence electrons. The summed E-state index contributed by atoms with van der Waals surface area (Å²) in [6, 6.07) is 11.6. The van der Waals surface area contributed by atoms with Crippen LogP contribution < -0.4 is 9.47 Å². The molecule has 0 atom stereocenters. The van der Waals surface area contributed by atoms with Crippen LogP contribution in [0.15, 0.2) is 42.5 Å². The molecule has 4 nitrogen and oxygen atoms in total. The van der Waals surface area contributed by atoms with Crippen molar-refractivity contribution >= 4 is 22.6 Å². The van der Waals surface area contributed by atoms with Crippen molar-refractivity contribution in [3.05, 3.63) is 59.2 Å². The van der Waals surface area contributed by atoms with Gasteiger partial charge in [0.15, 0.2) is 17.3 Å². The largest absolute Gasteiger partial charge is 0.493 e. The first-order valence-corrected chi connectivity index (χ1v) is 6.52. The fraction of sp³-hybridized carbons (Fsp3) is 0.125. The third-order valence-corrected chi connectivity index (χ3v) is 3.22. The third-order valence-electron chi connectivity index (χ3n) is 3.02. The predicted molar refractivity (Wildman–Crippen MR) is 79.6 cm³/mol. The lowest BCUT2D eigenvalue weighted by atomic mass is 9.97. The van der Waals surface area contributed by atoms with Gasteiger partial charge in [-0.05, 0) is 23.7 Å². The summed E-state index contributed by atoms with van der Waals surface area (Å²) in [5, 5.41) is -0.727. The molecule has 0 aliphatic carbocycles. The SMILES string of the molecule is COc1ccc(C(=O)Cl)c(C(=O)c2ccccc2)c1OC. The molecule has 0 heterocycles. The maximum absolute atomic E-state index is 12.7. The van der Waals surface area contributed by atoms with Crippen molar-refractivity contribution in [1.29, 1.82) is 0 Å². The Hall–Kier alpha value is -2.33. The zero-order chi connectivity index (χ0) is 15.4. The van der Waals surface area contributed by atoms with Crippen molar-refractivity contribution in [1.82, 2.24) is 0 Å². The monoisotopic (exact) mass is 304 g/mol. The van der Waals surface area contributed by atoms with Crippen LogP contribution in [-0.2, 0) is 0 Å². The summed E-state index contributed by atoms with van der Waals surface area (Å²) >= 11 is 5.58. The van der Waals surface area contributed by atoms with Crippen LogP contribution in [0.4, 0.5) is 0 Å². The normalized spacial score (nSPS) is 10.0. The summed E-state index contributed by atoms with van der Waals surface area (Å²) in [5.41, 5.74) is 0.620. The van der Waals surface area contributed by atoms with Gasteiger partial charge in [0.2, 0.25) is 0 Å². The van der Waals surface area contributed by atoms with Crippen molar-refractivity contribution in [2.75, 3.05) is 14.2 Å². The summed E-state index contributed by atoms with van der Waals surface area (Å²) in [6.07, 6.45) is 0. The molecule has 0 aromatic heterocycles. The molecule has 21 heavy (non-hydrogen) atoms. The molecule has 2 rings (SSSR count). The molecular weight excluding hydrogens is 292 g/mol. The van der Waals surface area contributed by atoms with Crippen LogP contribution in [-0.4, -0.2) is 25.2 Å². The molecule has 0 radical (unpaired) electrons. The first-order chi connectivity index (χ1) is 10.1. The van der Waals surface area contributed by atoms with E-state index in [1.54, 1.807) is 30.3 Å². The van der Waals surface area contributed by atoms with Crippen LogP contribution in [0, 0.1) is 0 Å². The molecule has 0 saturated carbocycles. The van der Waals surface area contributed by atoms with Gasteiger partial charge in [0.25, 0.3) is 5.24 Å². The molecule has 0 fully saturated rings. The van der Waals surface area contributed by atoms with Gasteiger partial charge < -0.3 is 9.47 Å². The molecule has 5 heteroatoms. The average Bonchev–Trinajstić information content (AvgIpc) is 2.53. The van der Waals surface area contributed by atoms with E-state index in [1.165, 1.54) is 26.4 Å². The van der Waals surface area contributed by atoms with Crippen molar-refractivity contribution in [3.63, 3.8) is 0 Å². The van der Waals surface area contributed by atoms with Gasteiger partial charge in [0.05, 0.1) is 19.8 Å². The molecule has 0 saturated heterocycles. The Balaban J connectivity index is 2.70. The smallest absolute Gasteiger partial charge is 0.253 e. The summed E-state index contributed by atoms with van der Waals surface area (Å²) in [7, 11) is 2.86. The van der Waals surface area contributed by atoms with Crippen molar-refractivity contribution in [2.45, 2.75) is 0 Å². The number of carbonyl (C=O) groups is 2. The molecule has 0 aliphatic rings. The molecular formula is C16H13ClO4. The standard InChI is InChI=1S/C16H13ClO4/c1-20-12-9-8-11(16(17)19)13(15(12)21-2)14(18)10-6-4-3-5-7-10/h3-9H,1-2H3. The summed E-state index contributed by atoms with van der Waals surface area (Å²) in [5.74, 6) is 0.201. The van der Waals surface area contributed by atoms with Crippen molar-refractivity contribution < 1.29 is 19.1 Å². The van der Waals surface area contributed by atoms with Crippen LogP contribution in [0.3, 0.4) is 0 Å². The molecule has 0 N–H and O–H groups in total. The number of carbonyl (C=O) groups excluding carboxylic acids is 2. The second-order valence-electron chi connectivity index (χ2n) is 4.19. The number of ether oxygens (including phenoxy) is 2. The van der Waals surface area contributed by atoms with E-state index in [0.717, 1.165) is 0 Å². The molecule has 0 amide bonds. The Morgan fingerprint density at radius 1 is 0.952 bits per heavy atom. The van der Waals surface area contributed by atoms with E-state index in [4.69, 9.17) is 21.1 Å². The van der Waals surface area contributed by atoms with Crippen LogP contribution in [0.25, 0.3) is 0 Å². The number of methoxy groups -OCH3 is 2. The van der Waals surface area contributed by atoms with Gasteiger partial charge in [-0.15, -0.1) is 0 Å². The van der Waals surface area contributed by atoms with E-state index in [1.807, 2.05) is 0 Å². The molecule has 0 unspecified atom stereocenters. The lowest BCUT2D eigenvalue weighted by Gasteiger charge is -2.14. The Kier molecular flexibility index (Phi) is 4.60. The number of ketones is 1. The minimum absolute atomic E-state index is 0.0863. The highest BCUT2D eigenvalue weighted by Crippen LogP contribution is 2.35. The summed E-state index contributed by atoms with van der Waals surface area (Å²) in [4.78, 5) is 24.3. The zero-order valence-electron chi connectivity index (χ0n) is 11.6. The highest BCUT2D eigenvalue weighted by Gasteiger charge is 2.25. The van der Waals surface area contributed by atoms with Gasteiger partial charge in [0.1, 0.15) is 0 Å². The van der Waals surface area contributed by atoms with Crippen molar-refractivity contribution in [3.8, 4) is 11.5 Å². The van der Waals surface area contributed by atoms with Crippen LogP contribution in [0.5, 0.6) is 11.5 Å².